The number of ether oxygens (including phenoxy) is 2. The Labute approximate surface area is 214 Å². The second-order valence-electron chi connectivity index (χ2n) is 9.02. The number of amides is 2. The highest BCUT2D eigenvalue weighted by Gasteiger charge is 2.37. The van der Waals surface area contributed by atoms with Gasteiger partial charge >= 0.3 is 6.36 Å². The molecular formula is C24H26BrF3N4O4. The monoisotopic (exact) mass is 570 g/mol. The number of hydrogen-bond donors (Lipinski definition) is 3. The molecule has 2 fully saturated rings. The van der Waals surface area contributed by atoms with Gasteiger partial charge < -0.3 is 25.8 Å². The van der Waals surface area contributed by atoms with Gasteiger partial charge in [-0.25, -0.2) is 0 Å². The fourth-order valence-corrected chi connectivity index (χ4v) is 5.08. The number of hydrogen-bond acceptors (Lipinski definition) is 6. The molecule has 2 aliphatic rings. The largest absolute Gasteiger partial charge is 0.573 e. The quantitative estimate of drug-likeness (QED) is 0.442. The molecule has 36 heavy (non-hydrogen) atoms. The molecule has 2 aliphatic heterocycles. The predicted octanol–water partition coefficient (Wildman–Crippen LogP) is 4.48. The van der Waals surface area contributed by atoms with Crippen molar-refractivity contribution in [3.63, 3.8) is 0 Å². The van der Waals surface area contributed by atoms with Crippen LogP contribution < -0.4 is 21.1 Å². The SMILES string of the molecule is CC(C(=O)Nc1c(Br)c(NC(=O)c2ccccc2)cc(N)c1OC(F)(F)F)N1CC2COCC(C2)C1. The third-order valence-electron chi connectivity index (χ3n) is 6.28. The number of nitrogen functional groups attached to an aromatic ring is 1. The summed E-state index contributed by atoms with van der Waals surface area (Å²) in [6.45, 7) is 4.23. The van der Waals surface area contributed by atoms with E-state index >= 15 is 0 Å². The molecule has 12 heteroatoms. The van der Waals surface area contributed by atoms with E-state index in [1.807, 2.05) is 4.90 Å². The van der Waals surface area contributed by atoms with E-state index in [0.29, 0.717) is 43.7 Å². The lowest BCUT2D eigenvalue weighted by molar-refractivity contribution is -0.274. The number of nitrogens with zero attached hydrogens (tertiary/aromatic N) is 1. The lowest BCUT2D eigenvalue weighted by Crippen LogP contribution is -2.53. The van der Waals surface area contributed by atoms with E-state index in [1.54, 1.807) is 37.3 Å². The molecule has 0 saturated carbocycles. The fourth-order valence-electron chi connectivity index (χ4n) is 4.59. The van der Waals surface area contributed by atoms with E-state index in [1.165, 1.54) is 0 Å². The number of piperidine rings is 1. The minimum Gasteiger partial charge on any atom is -0.401 e. The molecule has 3 unspecified atom stereocenters. The Bertz CT molecular complexity index is 1120. The summed E-state index contributed by atoms with van der Waals surface area (Å²) in [7, 11) is 0. The van der Waals surface area contributed by atoms with Gasteiger partial charge in [-0.1, -0.05) is 18.2 Å². The molecule has 2 saturated heterocycles. The van der Waals surface area contributed by atoms with E-state index in [4.69, 9.17) is 10.5 Å². The Balaban J connectivity index is 1.61. The molecule has 0 aliphatic carbocycles. The zero-order chi connectivity index (χ0) is 26.0. The number of likely N-dealkylation sites (tertiary alicyclic amines) is 1. The Morgan fingerprint density at radius 2 is 1.81 bits per heavy atom. The molecule has 4 rings (SSSR count). The van der Waals surface area contributed by atoms with Crippen LogP contribution >= 0.6 is 15.9 Å². The molecule has 8 nitrogen and oxygen atoms in total. The van der Waals surface area contributed by atoms with Gasteiger partial charge in [-0.2, -0.15) is 0 Å². The van der Waals surface area contributed by atoms with Crippen LogP contribution in [0.15, 0.2) is 40.9 Å². The van der Waals surface area contributed by atoms with Gasteiger partial charge in [-0.15, -0.1) is 13.2 Å². The molecule has 2 bridgehead atoms. The van der Waals surface area contributed by atoms with Crippen LogP contribution in [0, 0.1) is 11.8 Å². The maximum absolute atomic E-state index is 13.2. The van der Waals surface area contributed by atoms with Gasteiger partial charge in [0.15, 0.2) is 5.75 Å². The smallest absolute Gasteiger partial charge is 0.401 e. The molecular weight excluding hydrogens is 545 g/mol. The first-order chi connectivity index (χ1) is 17.0. The highest BCUT2D eigenvalue weighted by Crippen LogP contribution is 2.45. The number of alkyl halides is 3. The van der Waals surface area contributed by atoms with Gasteiger partial charge in [-0.05, 0) is 59.3 Å². The van der Waals surface area contributed by atoms with Crippen LogP contribution in [0.25, 0.3) is 0 Å². The van der Waals surface area contributed by atoms with Crippen molar-refractivity contribution in [3.05, 3.63) is 46.4 Å². The molecule has 0 spiro atoms. The molecule has 2 amide bonds. The molecule has 2 aromatic carbocycles. The zero-order valence-electron chi connectivity index (χ0n) is 19.4. The lowest BCUT2D eigenvalue weighted by Gasteiger charge is -2.43. The standard InChI is InChI=1S/C24H26BrF3N4O4/c1-13(32-9-14-7-15(10-32)12-35-11-14)22(33)31-20-19(25)18(8-17(29)21(20)36-24(26,27)28)30-23(34)16-5-3-2-4-6-16/h2-6,8,13-15H,7,9-12,29H2,1H3,(H,30,34)(H,31,33). The number of halogens is 4. The van der Waals surface area contributed by atoms with Crippen LogP contribution in [0.2, 0.25) is 0 Å². The van der Waals surface area contributed by atoms with Crippen LogP contribution in [-0.2, 0) is 9.53 Å². The number of fused-ring (bicyclic) bond motifs is 2. The van der Waals surface area contributed by atoms with Crippen molar-refractivity contribution in [1.29, 1.82) is 0 Å². The number of nitrogens with one attached hydrogen (secondary N) is 2. The fraction of sp³-hybridized carbons (Fsp3) is 0.417. The highest BCUT2D eigenvalue weighted by atomic mass is 79.9. The molecule has 2 heterocycles. The van der Waals surface area contributed by atoms with Crippen molar-refractivity contribution in [3.8, 4) is 5.75 Å². The molecule has 2 aromatic rings. The van der Waals surface area contributed by atoms with Gasteiger partial charge in [0.1, 0.15) is 5.69 Å². The maximum atomic E-state index is 13.2. The third-order valence-corrected chi connectivity index (χ3v) is 7.11. The average molecular weight is 571 g/mol. The zero-order valence-corrected chi connectivity index (χ0v) is 21.0. The molecule has 4 N–H and O–H groups in total. The van der Waals surface area contributed by atoms with Crippen molar-refractivity contribution >= 4 is 44.8 Å². The van der Waals surface area contributed by atoms with Gasteiger partial charge in [0.25, 0.3) is 5.91 Å². The summed E-state index contributed by atoms with van der Waals surface area (Å²) >= 11 is 3.23. The second kappa shape index (κ2) is 10.7. The summed E-state index contributed by atoms with van der Waals surface area (Å²) in [6.07, 6.45) is -4.03. The Kier molecular flexibility index (Phi) is 7.76. The summed E-state index contributed by atoms with van der Waals surface area (Å²) in [5.41, 5.74) is 5.56. The van der Waals surface area contributed by atoms with Gasteiger partial charge in [0.2, 0.25) is 5.91 Å². The van der Waals surface area contributed by atoms with Gasteiger partial charge in [0, 0.05) is 18.7 Å². The van der Waals surface area contributed by atoms with Crippen LogP contribution in [-0.4, -0.2) is 55.4 Å². The molecule has 194 valence electrons. The Morgan fingerprint density at radius 3 is 2.42 bits per heavy atom. The summed E-state index contributed by atoms with van der Waals surface area (Å²) in [4.78, 5) is 27.8. The average Bonchev–Trinajstić information content (AvgIpc) is 2.83. The first-order valence-corrected chi connectivity index (χ1v) is 12.2. The van der Waals surface area contributed by atoms with Crippen molar-refractivity contribution in [2.45, 2.75) is 25.7 Å². The predicted molar refractivity (Wildman–Crippen MR) is 132 cm³/mol. The highest BCUT2D eigenvalue weighted by molar-refractivity contribution is 9.10. The summed E-state index contributed by atoms with van der Waals surface area (Å²) in [5, 5.41) is 5.16. The first-order valence-electron chi connectivity index (χ1n) is 11.4. The van der Waals surface area contributed by atoms with Crippen LogP contribution in [0.4, 0.5) is 30.2 Å². The third kappa shape index (κ3) is 6.11. The van der Waals surface area contributed by atoms with E-state index in [9.17, 15) is 22.8 Å². The summed E-state index contributed by atoms with van der Waals surface area (Å²) < 4.78 is 49.3. The van der Waals surface area contributed by atoms with Crippen molar-refractivity contribution in [1.82, 2.24) is 4.90 Å². The van der Waals surface area contributed by atoms with Gasteiger partial charge in [-0.3, -0.25) is 14.5 Å². The molecule has 3 atom stereocenters. The van der Waals surface area contributed by atoms with E-state index in [-0.39, 0.29) is 15.8 Å². The van der Waals surface area contributed by atoms with E-state index < -0.39 is 35.7 Å². The first kappa shape index (κ1) is 26.2. The maximum Gasteiger partial charge on any atom is 0.573 e. The van der Waals surface area contributed by atoms with Crippen molar-refractivity contribution in [2.24, 2.45) is 11.8 Å². The topological polar surface area (TPSA) is 106 Å². The minimum atomic E-state index is -5.06. The van der Waals surface area contributed by atoms with Crippen molar-refractivity contribution < 1.29 is 32.2 Å². The van der Waals surface area contributed by atoms with E-state index in [2.05, 4.69) is 31.3 Å². The Hall–Kier alpha value is -2.83. The summed E-state index contributed by atoms with van der Waals surface area (Å²) in [5.74, 6) is -1.20. The second-order valence-corrected chi connectivity index (χ2v) is 9.82. The van der Waals surface area contributed by atoms with Crippen LogP contribution in [0.3, 0.4) is 0 Å². The number of carbonyl (C=O) groups is 2. The number of carbonyl (C=O) groups excluding carboxylic acids is 2. The number of benzene rings is 2. The van der Waals surface area contributed by atoms with E-state index in [0.717, 1.165) is 12.5 Å². The number of rotatable bonds is 6. The molecule has 0 aromatic heterocycles. The molecule has 0 radical (unpaired) electrons. The summed E-state index contributed by atoms with van der Waals surface area (Å²) in [6, 6.07) is 8.75. The van der Waals surface area contributed by atoms with Crippen LogP contribution in [0.5, 0.6) is 5.75 Å². The number of anilines is 3. The Morgan fingerprint density at radius 1 is 1.17 bits per heavy atom. The lowest BCUT2D eigenvalue weighted by atomic mass is 9.87. The van der Waals surface area contributed by atoms with Crippen LogP contribution in [0.1, 0.15) is 23.7 Å². The van der Waals surface area contributed by atoms with Crippen molar-refractivity contribution in [2.75, 3.05) is 42.7 Å². The minimum absolute atomic E-state index is 0.00954. The van der Waals surface area contributed by atoms with Gasteiger partial charge in [0.05, 0.1) is 35.1 Å². The number of nitrogens with two attached hydrogens (primary N) is 1. The normalized spacial score (nSPS) is 20.9.